The largest absolute Gasteiger partial charge is 0.491 e. The van der Waals surface area contributed by atoms with E-state index >= 15 is 0 Å². The Morgan fingerprint density at radius 1 is 1.27 bits per heavy atom. The molecule has 0 aromatic heterocycles. The molecule has 1 aliphatic rings. The minimum atomic E-state index is -4.53. The van der Waals surface area contributed by atoms with Gasteiger partial charge in [-0.15, -0.1) is 0 Å². The maximum atomic E-state index is 12.5. The monoisotopic (exact) mass is 337 g/mol. The number of hydrogen-bond acceptors (Lipinski definition) is 3. The van der Waals surface area contributed by atoms with Gasteiger partial charge in [-0.05, 0) is 44.0 Å². The van der Waals surface area contributed by atoms with E-state index in [1.54, 1.807) is 12.1 Å². The van der Waals surface area contributed by atoms with Crippen molar-refractivity contribution in [3.8, 4) is 5.75 Å². The molecule has 1 aliphatic heterocycles. The van der Waals surface area contributed by atoms with Crippen molar-refractivity contribution in [1.29, 1.82) is 0 Å². The van der Waals surface area contributed by atoms with Gasteiger partial charge in [0.05, 0.1) is 5.02 Å². The van der Waals surface area contributed by atoms with E-state index in [-0.39, 0.29) is 0 Å². The number of halogens is 4. The second kappa shape index (κ2) is 7.53. The first-order valence-corrected chi connectivity index (χ1v) is 7.60. The average Bonchev–Trinajstić information content (AvgIpc) is 2.48. The number of para-hydroxylation sites is 1. The Balaban J connectivity index is 1.71. The highest BCUT2D eigenvalue weighted by atomic mass is 35.5. The summed E-state index contributed by atoms with van der Waals surface area (Å²) < 4.78 is 43.0. The van der Waals surface area contributed by atoms with Gasteiger partial charge < -0.3 is 9.84 Å². The van der Waals surface area contributed by atoms with Crippen molar-refractivity contribution in [1.82, 2.24) is 4.90 Å². The number of alkyl halides is 3. The Bertz CT molecular complexity index is 476. The fraction of sp³-hybridized carbons (Fsp3) is 0.600. The van der Waals surface area contributed by atoms with Gasteiger partial charge in [0.15, 0.2) is 6.10 Å². The van der Waals surface area contributed by atoms with Crippen molar-refractivity contribution in [2.75, 3.05) is 26.2 Å². The van der Waals surface area contributed by atoms with Gasteiger partial charge in [-0.2, -0.15) is 13.2 Å². The third-order valence-electron chi connectivity index (χ3n) is 3.92. The lowest BCUT2D eigenvalue weighted by molar-refractivity contribution is -0.223. The Morgan fingerprint density at radius 3 is 2.50 bits per heavy atom. The number of aliphatic hydroxyl groups excluding tert-OH is 1. The van der Waals surface area contributed by atoms with Crippen molar-refractivity contribution >= 4 is 11.6 Å². The van der Waals surface area contributed by atoms with Gasteiger partial charge >= 0.3 is 6.18 Å². The number of likely N-dealkylation sites (tertiary alicyclic amines) is 1. The molecule has 7 heteroatoms. The van der Waals surface area contributed by atoms with E-state index in [9.17, 15) is 18.3 Å². The fourth-order valence-corrected chi connectivity index (χ4v) is 2.80. The van der Waals surface area contributed by atoms with E-state index in [4.69, 9.17) is 16.3 Å². The van der Waals surface area contributed by atoms with Crippen LogP contribution in [0.25, 0.3) is 0 Å². The second-order valence-electron chi connectivity index (χ2n) is 5.44. The molecule has 1 atom stereocenters. The second-order valence-corrected chi connectivity index (χ2v) is 5.85. The van der Waals surface area contributed by atoms with Gasteiger partial charge in [0.25, 0.3) is 0 Å². The van der Waals surface area contributed by atoms with Crippen molar-refractivity contribution in [2.24, 2.45) is 5.92 Å². The van der Waals surface area contributed by atoms with Crippen molar-refractivity contribution in [3.63, 3.8) is 0 Å². The highest BCUT2D eigenvalue weighted by molar-refractivity contribution is 6.32. The fourth-order valence-electron chi connectivity index (χ4n) is 2.61. The van der Waals surface area contributed by atoms with E-state index in [1.165, 1.54) is 0 Å². The summed E-state index contributed by atoms with van der Waals surface area (Å²) in [5.41, 5.74) is 0. The SMILES string of the molecule is OC(C1CCN(CCOc2ccccc2Cl)CC1)C(F)(F)F. The van der Waals surface area contributed by atoms with Crippen LogP contribution >= 0.6 is 11.6 Å². The Hall–Kier alpha value is -0.980. The number of piperidine rings is 1. The third kappa shape index (κ3) is 4.76. The van der Waals surface area contributed by atoms with Gasteiger partial charge in [-0.1, -0.05) is 23.7 Å². The molecule has 2 rings (SSSR count). The molecule has 0 amide bonds. The molecule has 22 heavy (non-hydrogen) atoms. The lowest BCUT2D eigenvalue weighted by atomic mass is 9.91. The van der Waals surface area contributed by atoms with Crippen LogP contribution < -0.4 is 4.74 Å². The summed E-state index contributed by atoms with van der Waals surface area (Å²) in [6.45, 7) is 2.11. The summed E-state index contributed by atoms with van der Waals surface area (Å²) in [4.78, 5) is 2.04. The first-order valence-electron chi connectivity index (χ1n) is 7.22. The van der Waals surface area contributed by atoms with Crippen LogP contribution in [-0.2, 0) is 0 Å². The summed E-state index contributed by atoms with van der Waals surface area (Å²) in [6.07, 6.45) is -6.06. The highest BCUT2D eigenvalue weighted by Crippen LogP contribution is 2.31. The first-order chi connectivity index (χ1) is 10.4. The van der Waals surface area contributed by atoms with E-state index in [1.807, 2.05) is 17.0 Å². The Morgan fingerprint density at radius 2 is 1.91 bits per heavy atom. The van der Waals surface area contributed by atoms with Crippen LogP contribution in [0.15, 0.2) is 24.3 Å². The lowest BCUT2D eigenvalue weighted by Crippen LogP contribution is -2.44. The molecule has 0 radical (unpaired) electrons. The molecule has 1 unspecified atom stereocenters. The molecule has 1 fully saturated rings. The zero-order valence-corrected chi connectivity index (χ0v) is 12.8. The van der Waals surface area contributed by atoms with Crippen LogP contribution in [0.5, 0.6) is 5.75 Å². The maximum Gasteiger partial charge on any atom is 0.414 e. The number of benzene rings is 1. The van der Waals surface area contributed by atoms with Crippen molar-refractivity contribution in [3.05, 3.63) is 29.3 Å². The predicted molar refractivity (Wildman–Crippen MR) is 78.2 cm³/mol. The molecular weight excluding hydrogens is 319 g/mol. The van der Waals surface area contributed by atoms with Crippen LogP contribution in [0, 0.1) is 5.92 Å². The molecule has 124 valence electrons. The van der Waals surface area contributed by atoms with Crippen LogP contribution in [0.1, 0.15) is 12.8 Å². The smallest absolute Gasteiger partial charge is 0.414 e. The van der Waals surface area contributed by atoms with Gasteiger partial charge in [-0.25, -0.2) is 0 Å². The molecule has 3 nitrogen and oxygen atoms in total. The van der Waals surface area contributed by atoms with Gasteiger partial charge in [0, 0.05) is 6.54 Å². The molecule has 0 bridgehead atoms. The van der Waals surface area contributed by atoms with E-state index in [0.717, 1.165) is 0 Å². The van der Waals surface area contributed by atoms with Crippen molar-refractivity contribution in [2.45, 2.75) is 25.1 Å². The summed E-state index contributed by atoms with van der Waals surface area (Å²) >= 11 is 5.97. The number of ether oxygens (including phenoxy) is 1. The molecule has 1 heterocycles. The quantitative estimate of drug-likeness (QED) is 0.894. The summed E-state index contributed by atoms with van der Waals surface area (Å²) in [7, 11) is 0. The topological polar surface area (TPSA) is 32.7 Å². The zero-order chi connectivity index (χ0) is 16.2. The van der Waals surface area contributed by atoms with Gasteiger partial charge in [0.1, 0.15) is 12.4 Å². The molecule has 1 aromatic rings. The highest BCUT2D eigenvalue weighted by Gasteiger charge is 2.44. The van der Waals surface area contributed by atoms with Crippen molar-refractivity contribution < 1.29 is 23.0 Å². The summed E-state index contributed by atoms with van der Waals surface area (Å²) in [5, 5.41) is 9.81. The normalized spacial score (nSPS) is 19.1. The van der Waals surface area contributed by atoms with E-state index < -0.39 is 18.2 Å². The molecule has 1 N–H and O–H groups in total. The molecular formula is C15H19ClF3NO2. The van der Waals surface area contributed by atoms with Gasteiger partial charge in [0.2, 0.25) is 0 Å². The number of hydrogen-bond donors (Lipinski definition) is 1. The predicted octanol–water partition coefficient (Wildman–Crippen LogP) is 3.35. The van der Waals surface area contributed by atoms with E-state index in [0.29, 0.717) is 49.9 Å². The lowest BCUT2D eigenvalue weighted by Gasteiger charge is -2.34. The third-order valence-corrected chi connectivity index (χ3v) is 4.23. The molecule has 0 aliphatic carbocycles. The van der Waals surface area contributed by atoms with E-state index in [2.05, 4.69) is 0 Å². The number of rotatable bonds is 5. The molecule has 0 saturated carbocycles. The number of aliphatic hydroxyl groups is 1. The van der Waals surface area contributed by atoms with Crippen LogP contribution in [0.4, 0.5) is 13.2 Å². The molecule has 1 aromatic carbocycles. The summed E-state index contributed by atoms with van der Waals surface area (Å²) in [6, 6.07) is 7.15. The van der Waals surface area contributed by atoms with Gasteiger partial charge in [-0.3, -0.25) is 4.90 Å². The zero-order valence-electron chi connectivity index (χ0n) is 12.0. The standard InChI is InChI=1S/C15H19ClF3NO2/c16-12-3-1-2-4-13(12)22-10-9-20-7-5-11(6-8-20)14(21)15(17,18)19/h1-4,11,14,21H,5-10H2. The minimum Gasteiger partial charge on any atom is -0.491 e. The molecule has 1 saturated heterocycles. The van der Waals surface area contributed by atoms with Crippen LogP contribution in [-0.4, -0.2) is 48.5 Å². The minimum absolute atomic E-state index is 0.340. The Labute approximate surface area is 132 Å². The molecule has 0 spiro atoms. The average molecular weight is 338 g/mol. The summed E-state index contributed by atoms with van der Waals surface area (Å²) in [5.74, 6) is -0.104. The Kier molecular flexibility index (Phi) is 5.94. The van der Waals surface area contributed by atoms with Crippen LogP contribution in [0.3, 0.4) is 0 Å². The maximum absolute atomic E-state index is 12.5. The number of nitrogens with zero attached hydrogens (tertiary/aromatic N) is 1. The van der Waals surface area contributed by atoms with Crippen LogP contribution in [0.2, 0.25) is 5.02 Å². The first kappa shape index (κ1) is 17.4.